The normalized spacial score (nSPS) is 12.3. The molecule has 0 spiro atoms. The van der Waals surface area contributed by atoms with E-state index in [9.17, 15) is 0 Å². The molecule has 1 unspecified atom stereocenters. The minimum atomic E-state index is 0.330. The van der Waals surface area contributed by atoms with E-state index in [0.717, 1.165) is 19.4 Å². The molecule has 2 rings (SSSR count). The smallest absolute Gasteiger partial charge is 0.0361 e. The van der Waals surface area contributed by atoms with Gasteiger partial charge < -0.3 is 5.32 Å². The second-order valence-electron chi connectivity index (χ2n) is 5.08. The molecule has 0 aliphatic rings. The van der Waals surface area contributed by atoms with E-state index >= 15 is 0 Å². The van der Waals surface area contributed by atoms with Crippen LogP contribution in [0.1, 0.15) is 36.1 Å². The molecule has 20 heavy (non-hydrogen) atoms. The molecule has 0 aliphatic heterocycles. The summed E-state index contributed by atoms with van der Waals surface area (Å²) in [7, 11) is 0. The Labute approximate surface area is 129 Å². The maximum absolute atomic E-state index is 4.21. The van der Waals surface area contributed by atoms with Crippen molar-refractivity contribution in [1.29, 1.82) is 0 Å². The van der Waals surface area contributed by atoms with Crippen molar-refractivity contribution in [3.05, 3.63) is 63.9 Å². The minimum Gasteiger partial charge on any atom is -0.310 e. The second-order valence-corrected chi connectivity index (χ2v) is 5.94. The van der Waals surface area contributed by atoms with Gasteiger partial charge in [0.15, 0.2) is 0 Å². The highest BCUT2D eigenvalue weighted by atomic mass is 79.9. The first-order valence-electron chi connectivity index (χ1n) is 7.09. The third kappa shape index (κ3) is 4.15. The Balaban J connectivity index is 2.20. The summed E-state index contributed by atoms with van der Waals surface area (Å²) >= 11 is 3.63. The highest BCUT2D eigenvalue weighted by Crippen LogP contribution is 2.24. The predicted molar refractivity (Wildman–Crippen MR) is 87.9 cm³/mol. The summed E-state index contributed by atoms with van der Waals surface area (Å²) in [6.07, 6.45) is 5.87. The molecule has 0 radical (unpaired) electrons. The molecule has 0 bridgehead atoms. The average Bonchev–Trinajstić information content (AvgIpc) is 2.47. The van der Waals surface area contributed by atoms with E-state index in [1.807, 2.05) is 18.5 Å². The van der Waals surface area contributed by atoms with Gasteiger partial charge in [0.25, 0.3) is 0 Å². The number of halogens is 1. The van der Waals surface area contributed by atoms with Crippen LogP contribution in [0.25, 0.3) is 0 Å². The molecule has 1 aromatic heterocycles. The number of aryl methyl sites for hydroxylation is 1. The molecule has 2 aromatic rings. The van der Waals surface area contributed by atoms with Crippen molar-refractivity contribution in [3.63, 3.8) is 0 Å². The lowest BCUT2D eigenvalue weighted by atomic mass is 9.99. The summed E-state index contributed by atoms with van der Waals surface area (Å²) in [6.45, 7) is 5.33. The third-order valence-corrected chi connectivity index (χ3v) is 4.26. The summed E-state index contributed by atoms with van der Waals surface area (Å²) in [6, 6.07) is 11.1. The monoisotopic (exact) mass is 332 g/mol. The molecule has 1 heterocycles. The molecule has 0 amide bonds. The quantitative estimate of drug-likeness (QED) is 0.846. The predicted octanol–water partition coefficient (Wildman–Crippen LogP) is 4.44. The highest BCUT2D eigenvalue weighted by molar-refractivity contribution is 9.10. The number of rotatable bonds is 6. The summed E-state index contributed by atoms with van der Waals surface area (Å²) in [5, 5.41) is 3.63. The van der Waals surface area contributed by atoms with Crippen LogP contribution < -0.4 is 5.32 Å². The van der Waals surface area contributed by atoms with Crippen molar-refractivity contribution >= 4 is 15.9 Å². The van der Waals surface area contributed by atoms with Gasteiger partial charge >= 0.3 is 0 Å². The van der Waals surface area contributed by atoms with Crippen LogP contribution in [0, 0.1) is 6.92 Å². The molecule has 0 saturated heterocycles. The van der Waals surface area contributed by atoms with E-state index in [1.165, 1.54) is 21.2 Å². The van der Waals surface area contributed by atoms with Crippen LogP contribution in [0.3, 0.4) is 0 Å². The number of pyridine rings is 1. The summed E-state index contributed by atoms with van der Waals surface area (Å²) in [5.74, 6) is 0. The molecule has 0 fully saturated rings. The SMILES string of the molecule is CCCNC(Cc1cccnc1)c1ccc(C)c(Br)c1. The first-order valence-corrected chi connectivity index (χ1v) is 7.88. The maximum Gasteiger partial charge on any atom is 0.0361 e. The van der Waals surface area contributed by atoms with Crippen LogP contribution in [0.4, 0.5) is 0 Å². The van der Waals surface area contributed by atoms with Crippen LogP contribution in [-0.2, 0) is 6.42 Å². The fourth-order valence-electron chi connectivity index (χ4n) is 2.21. The van der Waals surface area contributed by atoms with Crippen LogP contribution in [-0.4, -0.2) is 11.5 Å². The van der Waals surface area contributed by atoms with Crippen molar-refractivity contribution in [2.45, 2.75) is 32.7 Å². The Bertz CT molecular complexity index is 540. The van der Waals surface area contributed by atoms with E-state index < -0.39 is 0 Å². The second kappa shape index (κ2) is 7.55. The van der Waals surface area contributed by atoms with Gasteiger partial charge in [0.1, 0.15) is 0 Å². The fourth-order valence-corrected chi connectivity index (χ4v) is 2.60. The topological polar surface area (TPSA) is 24.9 Å². The van der Waals surface area contributed by atoms with Gasteiger partial charge in [0.2, 0.25) is 0 Å². The standard InChI is InChI=1S/C17H21BrN2/c1-3-8-20-17(10-14-5-4-9-19-12-14)15-7-6-13(2)16(18)11-15/h4-7,9,11-12,17,20H,3,8,10H2,1-2H3. The van der Waals surface area contributed by atoms with Crippen LogP contribution in [0.2, 0.25) is 0 Å². The first kappa shape index (κ1) is 15.2. The lowest BCUT2D eigenvalue weighted by Gasteiger charge is -2.20. The lowest BCUT2D eigenvalue weighted by Crippen LogP contribution is -2.24. The molecular formula is C17H21BrN2. The first-order chi connectivity index (χ1) is 9.70. The number of aromatic nitrogens is 1. The molecule has 2 nitrogen and oxygen atoms in total. The van der Waals surface area contributed by atoms with Gasteiger partial charge in [-0.1, -0.05) is 41.1 Å². The Kier molecular flexibility index (Phi) is 5.74. The molecule has 3 heteroatoms. The largest absolute Gasteiger partial charge is 0.310 e. The van der Waals surface area contributed by atoms with E-state index in [-0.39, 0.29) is 0 Å². The molecular weight excluding hydrogens is 312 g/mol. The lowest BCUT2D eigenvalue weighted by molar-refractivity contribution is 0.528. The van der Waals surface area contributed by atoms with Crippen molar-refractivity contribution in [2.24, 2.45) is 0 Å². The molecule has 0 aliphatic carbocycles. The van der Waals surface area contributed by atoms with E-state index in [2.05, 4.69) is 64.3 Å². The van der Waals surface area contributed by atoms with E-state index in [1.54, 1.807) is 0 Å². The van der Waals surface area contributed by atoms with Crippen molar-refractivity contribution in [1.82, 2.24) is 10.3 Å². The van der Waals surface area contributed by atoms with Gasteiger partial charge in [-0.05, 0) is 55.1 Å². The Hall–Kier alpha value is -1.19. The molecule has 1 atom stereocenters. The number of hydrogen-bond donors (Lipinski definition) is 1. The average molecular weight is 333 g/mol. The molecule has 0 saturated carbocycles. The van der Waals surface area contributed by atoms with Crippen molar-refractivity contribution < 1.29 is 0 Å². The van der Waals surface area contributed by atoms with Gasteiger partial charge in [0.05, 0.1) is 0 Å². The summed E-state index contributed by atoms with van der Waals surface area (Å²) < 4.78 is 1.17. The molecule has 106 valence electrons. The zero-order chi connectivity index (χ0) is 14.4. The van der Waals surface area contributed by atoms with Gasteiger partial charge in [-0.2, -0.15) is 0 Å². The Morgan fingerprint density at radius 1 is 1.30 bits per heavy atom. The van der Waals surface area contributed by atoms with Crippen molar-refractivity contribution in [2.75, 3.05) is 6.54 Å². The minimum absolute atomic E-state index is 0.330. The van der Waals surface area contributed by atoms with Gasteiger partial charge in [-0.3, -0.25) is 4.98 Å². The zero-order valence-corrected chi connectivity index (χ0v) is 13.7. The van der Waals surface area contributed by atoms with Gasteiger partial charge in [-0.15, -0.1) is 0 Å². The van der Waals surface area contributed by atoms with E-state index in [0.29, 0.717) is 6.04 Å². The fraction of sp³-hybridized carbons (Fsp3) is 0.353. The maximum atomic E-state index is 4.21. The molecule has 1 N–H and O–H groups in total. The van der Waals surface area contributed by atoms with Gasteiger partial charge in [0, 0.05) is 22.9 Å². The Morgan fingerprint density at radius 2 is 2.15 bits per heavy atom. The number of nitrogens with one attached hydrogen (secondary N) is 1. The molecule has 1 aromatic carbocycles. The highest BCUT2D eigenvalue weighted by Gasteiger charge is 2.12. The van der Waals surface area contributed by atoms with Crippen molar-refractivity contribution in [3.8, 4) is 0 Å². The van der Waals surface area contributed by atoms with E-state index in [4.69, 9.17) is 0 Å². The summed E-state index contributed by atoms with van der Waals surface area (Å²) in [4.78, 5) is 4.21. The van der Waals surface area contributed by atoms with Crippen LogP contribution in [0.5, 0.6) is 0 Å². The third-order valence-electron chi connectivity index (χ3n) is 3.40. The van der Waals surface area contributed by atoms with Crippen LogP contribution in [0.15, 0.2) is 47.2 Å². The zero-order valence-electron chi connectivity index (χ0n) is 12.1. The van der Waals surface area contributed by atoms with Crippen LogP contribution >= 0.6 is 15.9 Å². The number of benzene rings is 1. The van der Waals surface area contributed by atoms with Gasteiger partial charge in [-0.25, -0.2) is 0 Å². The number of nitrogens with zero attached hydrogens (tertiary/aromatic N) is 1. The Morgan fingerprint density at radius 3 is 2.80 bits per heavy atom. The summed E-state index contributed by atoms with van der Waals surface area (Å²) in [5.41, 5.74) is 3.85. The number of hydrogen-bond acceptors (Lipinski definition) is 2.